The van der Waals surface area contributed by atoms with Crippen LogP contribution in [-0.2, 0) is 32.0 Å². The van der Waals surface area contributed by atoms with Crippen LogP contribution in [0.2, 0.25) is 0 Å². The van der Waals surface area contributed by atoms with Gasteiger partial charge in [0.25, 0.3) is 0 Å². The molecule has 4 atom stereocenters. The number of carboxylic acids is 1. The molecule has 0 aliphatic carbocycles. The molecule has 10 N–H and O–H groups in total. The fourth-order valence-corrected chi connectivity index (χ4v) is 4.51. The lowest BCUT2D eigenvalue weighted by Crippen LogP contribution is -2.58. The molecule has 0 saturated carbocycles. The molecule has 4 unspecified atom stereocenters. The normalized spacial score (nSPS) is 14.3. The third kappa shape index (κ3) is 8.88. The SMILES string of the molecule is CC(C)C(NC(=O)C(Cc1cnc[nH]1)NC(=O)C(Cc1c[nH]c2ccccc12)NC(=O)C(N)CCCCN)C(=O)O. The number of aromatic amines is 2. The molecule has 0 bridgehead atoms. The number of nitrogens with two attached hydrogens (primary N) is 2. The summed E-state index contributed by atoms with van der Waals surface area (Å²) in [5.41, 5.74) is 13.9. The van der Waals surface area contributed by atoms with Crippen LogP contribution >= 0.6 is 0 Å². The number of aromatic nitrogens is 3. The number of hydrogen-bond acceptors (Lipinski definition) is 7. The molecule has 0 aliphatic heterocycles. The predicted octanol–water partition coefficient (Wildman–Crippen LogP) is 0.328. The third-order valence-corrected chi connectivity index (χ3v) is 6.88. The first-order valence-corrected chi connectivity index (χ1v) is 13.7. The number of nitrogens with zero attached hydrogens (tertiary/aromatic N) is 1. The van der Waals surface area contributed by atoms with Gasteiger partial charge in [0.05, 0.1) is 12.4 Å². The summed E-state index contributed by atoms with van der Waals surface area (Å²) in [5.74, 6) is -3.37. The Morgan fingerprint density at radius 3 is 2.29 bits per heavy atom. The first-order chi connectivity index (χ1) is 19.6. The van der Waals surface area contributed by atoms with Crippen molar-refractivity contribution >= 4 is 34.6 Å². The number of fused-ring (bicyclic) bond motifs is 1. The van der Waals surface area contributed by atoms with Crippen LogP contribution in [0.3, 0.4) is 0 Å². The molecule has 0 saturated heterocycles. The molecule has 0 fully saturated rings. The van der Waals surface area contributed by atoms with E-state index in [1.54, 1.807) is 20.0 Å². The molecule has 222 valence electrons. The van der Waals surface area contributed by atoms with E-state index in [1.165, 1.54) is 12.5 Å². The maximum atomic E-state index is 13.7. The molecule has 1 aromatic carbocycles. The van der Waals surface area contributed by atoms with Crippen LogP contribution < -0.4 is 27.4 Å². The minimum absolute atomic E-state index is 0.0222. The average Bonchev–Trinajstić information content (AvgIpc) is 3.60. The number of aliphatic carboxylic acids is 1. The number of para-hydroxylation sites is 1. The van der Waals surface area contributed by atoms with Crippen molar-refractivity contribution in [2.45, 2.75) is 70.1 Å². The highest BCUT2D eigenvalue weighted by Gasteiger charge is 2.32. The Bertz CT molecular complexity index is 1310. The van der Waals surface area contributed by atoms with Crippen molar-refractivity contribution in [3.05, 3.63) is 54.2 Å². The van der Waals surface area contributed by atoms with Crippen LogP contribution in [0.15, 0.2) is 43.0 Å². The van der Waals surface area contributed by atoms with E-state index in [1.807, 2.05) is 24.3 Å². The highest BCUT2D eigenvalue weighted by atomic mass is 16.4. The maximum Gasteiger partial charge on any atom is 0.326 e. The first-order valence-electron chi connectivity index (χ1n) is 13.7. The van der Waals surface area contributed by atoms with E-state index in [9.17, 15) is 24.3 Å². The summed E-state index contributed by atoms with van der Waals surface area (Å²) >= 11 is 0. The summed E-state index contributed by atoms with van der Waals surface area (Å²) in [4.78, 5) is 61.7. The average molecular weight is 569 g/mol. The Morgan fingerprint density at radius 2 is 1.63 bits per heavy atom. The van der Waals surface area contributed by atoms with Crippen molar-refractivity contribution in [3.8, 4) is 0 Å². The number of H-pyrrole nitrogens is 2. The van der Waals surface area contributed by atoms with Gasteiger partial charge < -0.3 is 42.5 Å². The number of carbonyl (C=O) groups is 4. The van der Waals surface area contributed by atoms with Crippen LogP contribution in [0.25, 0.3) is 10.9 Å². The summed E-state index contributed by atoms with van der Waals surface area (Å²) < 4.78 is 0. The molecule has 3 rings (SSSR count). The van der Waals surface area contributed by atoms with Crippen molar-refractivity contribution in [2.75, 3.05) is 6.54 Å². The van der Waals surface area contributed by atoms with E-state index in [-0.39, 0.29) is 12.8 Å². The third-order valence-electron chi connectivity index (χ3n) is 6.88. The summed E-state index contributed by atoms with van der Waals surface area (Å²) in [6.07, 6.45) is 6.65. The molecule has 3 amide bonds. The van der Waals surface area contributed by atoms with Gasteiger partial charge in [0.15, 0.2) is 0 Å². The quantitative estimate of drug-likeness (QED) is 0.112. The van der Waals surface area contributed by atoms with E-state index in [2.05, 4.69) is 30.9 Å². The van der Waals surface area contributed by atoms with Gasteiger partial charge >= 0.3 is 5.97 Å². The zero-order chi connectivity index (χ0) is 29.9. The molecule has 2 heterocycles. The summed E-state index contributed by atoms with van der Waals surface area (Å²) in [7, 11) is 0. The molecule has 41 heavy (non-hydrogen) atoms. The lowest BCUT2D eigenvalue weighted by molar-refractivity contribution is -0.143. The molecule has 0 radical (unpaired) electrons. The number of hydrogen-bond donors (Lipinski definition) is 8. The summed E-state index contributed by atoms with van der Waals surface area (Å²) in [5, 5.41) is 18.5. The van der Waals surface area contributed by atoms with Gasteiger partial charge in [0, 0.05) is 41.8 Å². The predicted molar refractivity (Wildman–Crippen MR) is 153 cm³/mol. The van der Waals surface area contributed by atoms with Crippen LogP contribution in [0.4, 0.5) is 0 Å². The fourth-order valence-electron chi connectivity index (χ4n) is 4.51. The lowest BCUT2D eigenvalue weighted by atomic mass is 10.0. The Morgan fingerprint density at radius 1 is 0.951 bits per heavy atom. The zero-order valence-electron chi connectivity index (χ0n) is 23.4. The molecule has 13 heteroatoms. The van der Waals surface area contributed by atoms with Crippen LogP contribution in [0.1, 0.15) is 44.4 Å². The Labute approximate surface area is 238 Å². The molecular formula is C28H40N8O5. The van der Waals surface area contributed by atoms with Gasteiger partial charge in [-0.15, -0.1) is 0 Å². The second-order valence-electron chi connectivity index (χ2n) is 10.4. The van der Waals surface area contributed by atoms with E-state index < -0.39 is 53.8 Å². The molecule has 2 aromatic heterocycles. The number of carbonyl (C=O) groups excluding carboxylic acids is 3. The van der Waals surface area contributed by atoms with Crippen molar-refractivity contribution < 1.29 is 24.3 Å². The first kappa shape index (κ1) is 31.3. The van der Waals surface area contributed by atoms with E-state index in [0.717, 1.165) is 22.9 Å². The maximum absolute atomic E-state index is 13.7. The molecule has 3 aromatic rings. The highest BCUT2D eigenvalue weighted by molar-refractivity contribution is 5.95. The largest absolute Gasteiger partial charge is 0.480 e. The zero-order valence-corrected chi connectivity index (χ0v) is 23.4. The standard InChI is InChI=1S/C28H40N8O5/c1-16(2)24(28(40)41)36-27(39)23(12-18-14-31-15-33-18)35-26(38)22(34-25(37)20(30)8-5-6-10-29)11-17-13-32-21-9-4-3-7-19(17)21/h3-4,7,9,13-16,20,22-24,32H,5-6,8,10-12,29-30H2,1-2H3,(H,31,33)(H,34,37)(H,35,38)(H,36,39)(H,40,41). The molecule has 13 nitrogen and oxygen atoms in total. The fraction of sp³-hybridized carbons (Fsp3) is 0.464. The van der Waals surface area contributed by atoms with Gasteiger partial charge in [-0.05, 0) is 36.9 Å². The molecule has 0 aliphatic rings. The van der Waals surface area contributed by atoms with Crippen LogP contribution in [0.5, 0.6) is 0 Å². The summed E-state index contributed by atoms with van der Waals surface area (Å²) in [6, 6.07) is 3.35. The minimum Gasteiger partial charge on any atom is -0.480 e. The lowest BCUT2D eigenvalue weighted by Gasteiger charge is -2.26. The number of imidazole rings is 1. The van der Waals surface area contributed by atoms with Gasteiger partial charge in [-0.3, -0.25) is 14.4 Å². The Balaban J connectivity index is 1.85. The monoisotopic (exact) mass is 568 g/mol. The van der Waals surface area contributed by atoms with Gasteiger partial charge in [0.2, 0.25) is 17.7 Å². The van der Waals surface area contributed by atoms with Crippen molar-refractivity contribution in [1.29, 1.82) is 0 Å². The van der Waals surface area contributed by atoms with E-state index in [0.29, 0.717) is 25.1 Å². The number of rotatable bonds is 16. The minimum atomic E-state index is -1.19. The summed E-state index contributed by atoms with van der Waals surface area (Å²) in [6.45, 7) is 3.83. The highest BCUT2D eigenvalue weighted by Crippen LogP contribution is 2.19. The van der Waals surface area contributed by atoms with Gasteiger partial charge in [0.1, 0.15) is 18.1 Å². The smallest absolute Gasteiger partial charge is 0.326 e. The Hall–Kier alpha value is -4.23. The number of amides is 3. The van der Waals surface area contributed by atoms with Crippen molar-refractivity contribution in [1.82, 2.24) is 30.9 Å². The molecular weight excluding hydrogens is 528 g/mol. The topological polar surface area (TPSA) is 221 Å². The number of benzene rings is 1. The van der Waals surface area contributed by atoms with Crippen LogP contribution in [-0.4, -0.2) is 74.5 Å². The van der Waals surface area contributed by atoms with Gasteiger partial charge in [-0.1, -0.05) is 38.5 Å². The Kier molecular flexibility index (Phi) is 11.4. The molecule has 0 spiro atoms. The van der Waals surface area contributed by atoms with Gasteiger partial charge in [-0.25, -0.2) is 9.78 Å². The van der Waals surface area contributed by atoms with E-state index in [4.69, 9.17) is 11.5 Å². The van der Waals surface area contributed by atoms with Crippen molar-refractivity contribution in [3.63, 3.8) is 0 Å². The van der Waals surface area contributed by atoms with Crippen LogP contribution in [0, 0.1) is 5.92 Å². The van der Waals surface area contributed by atoms with Crippen molar-refractivity contribution in [2.24, 2.45) is 17.4 Å². The van der Waals surface area contributed by atoms with Gasteiger partial charge in [-0.2, -0.15) is 0 Å². The number of unbranched alkanes of at least 4 members (excludes halogenated alkanes) is 1. The number of nitrogens with one attached hydrogen (secondary N) is 5. The van der Waals surface area contributed by atoms with E-state index >= 15 is 0 Å². The second-order valence-corrected chi connectivity index (χ2v) is 10.4. The second kappa shape index (κ2) is 15.0. The number of carboxylic acid groups (broad SMARTS) is 1.